The lowest BCUT2D eigenvalue weighted by atomic mass is 10.1. The Morgan fingerprint density at radius 3 is 2.38 bits per heavy atom. The van der Waals surface area contributed by atoms with Gasteiger partial charge in [-0.2, -0.15) is 4.98 Å². The monoisotopic (exact) mass is 562 g/mol. The molecule has 9 nitrogen and oxygen atoms in total. The Balaban J connectivity index is 1.78. The van der Waals surface area contributed by atoms with Gasteiger partial charge in [-0.05, 0) is 81.3 Å². The number of sulfonamides is 1. The third-order valence-corrected chi connectivity index (χ3v) is 7.78. The fraction of sp³-hybridized carbons (Fsp3) is 0.207. The predicted molar refractivity (Wildman–Crippen MR) is 151 cm³/mol. The molecule has 0 radical (unpaired) electrons. The van der Waals surface area contributed by atoms with Gasteiger partial charge >= 0.3 is 0 Å². The minimum absolute atomic E-state index is 0.109. The zero-order chi connectivity index (χ0) is 28.8. The van der Waals surface area contributed by atoms with Crippen molar-refractivity contribution in [2.24, 2.45) is 0 Å². The number of ether oxygens (including phenoxy) is 1. The number of nitrogens with zero attached hydrogens (tertiary/aromatic N) is 3. The van der Waals surface area contributed by atoms with E-state index in [4.69, 9.17) is 9.26 Å². The summed E-state index contributed by atoms with van der Waals surface area (Å²) in [4.78, 5) is 17.4. The van der Waals surface area contributed by atoms with E-state index in [0.717, 1.165) is 0 Å². The van der Waals surface area contributed by atoms with E-state index >= 15 is 0 Å². The number of hydrogen-bond donors (Lipinski definition) is 1. The number of rotatable bonds is 7. The van der Waals surface area contributed by atoms with Crippen LogP contribution in [0, 0.1) is 33.5 Å². The van der Waals surface area contributed by atoms with E-state index in [1.807, 2.05) is 0 Å². The van der Waals surface area contributed by atoms with Crippen LogP contribution in [0.25, 0.3) is 28.0 Å². The van der Waals surface area contributed by atoms with Crippen LogP contribution in [0.15, 0.2) is 64.0 Å². The van der Waals surface area contributed by atoms with Crippen LogP contribution >= 0.6 is 0 Å². The first-order chi connectivity index (χ1) is 19.0. The zero-order valence-electron chi connectivity index (χ0n) is 22.6. The third-order valence-electron chi connectivity index (χ3n) is 6.48. The normalized spacial score (nSPS) is 11.7. The third kappa shape index (κ3) is 5.20. The number of nitrogens with one attached hydrogen (secondary N) is 1. The molecule has 0 saturated heterocycles. The number of aryl methyl sites for hydroxylation is 4. The van der Waals surface area contributed by atoms with Crippen molar-refractivity contribution in [1.82, 2.24) is 14.7 Å². The van der Waals surface area contributed by atoms with Gasteiger partial charge in [-0.15, -0.1) is 0 Å². The van der Waals surface area contributed by atoms with Crippen LogP contribution in [0.4, 0.5) is 10.1 Å². The van der Waals surface area contributed by atoms with E-state index < -0.39 is 10.0 Å². The van der Waals surface area contributed by atoms with Crippen LogP contribution in [0.1, 0.15) is 29.5 Å². The van der Waals surface area contributed by atoms with E-state index in [0.29, 0.717) is 67.7 Å². The summed E-state index contributed by atoms with van der Waals surface area (Å²) < 4.78 is 54.6. The largest absolute Gasteiger partial charge is 0.455 e. The van der Waals surface area contributed by atoms with Gasteiger partial charge in [0.15, 0.2) is 11.2 Å². The van der Waals surface area contributed by atoms with E-state index in [9.17, 15) is 17.6 Å². The van der Waals surface area contributed by atoms with Gasteiger partial charge in [0.1, 0.15) is 11.6 Å². The summed E-state index contributed by atoms with van der Waals surface area (Å²) in [6.07, 6.45) is 1.67. The highest BCUT2D eigenvalue weighted by Crippen LogP contribution is 2.36. The molecule has 0 aliphatic carbocycles. The fourth-order valence-electron chi connectivity index (χ4n) is 4.49. The highest BCUT2D eigenvalue weighted by molar-refractivity contribution is 7.92. The number of benzene rings is 3. The average Bonchev–Trinajstić information content (AvgIpc) is 3.34. The van der Waals surface area contributed by atoms with Gasteiger partial charge in [-0.3, -0.25) is 9.52 Å². The predicted octanol–water partition coefficient (Wildman–Crippen LogP) is 5.97. The summed E-state index contributed by atoms with van der Waals surface area (Å²) >= 11 is 0. The van der Waals surface area contributed by atoms with Crippen molar-refractivity contribution in [3.63, 3.8) is 0 Å². The maximum absolute atomic E-state index is 14.0. The van der Waals surface area contributed by atoms with Crippen LogP contribution in [0.3, 0.4) is 0 Å². The Bertz CT molecular complexity index is 1920. The van der Waals surface area contributed by atoms with Crippen molar-refractivity contribution < 1.29 is 22.1 Å². The van der Waals surface area contributed by atoms with Crippen molar-refractivity contribution in [1.29, 1.82) is 0 Å². The minimum Gasteiger partial charge on any atom is -0.455 e. The fourth-order valence-corrected chi connectivity index (χ4v) is 5.12. The van der Waals surface area contributed by atoms with Gasteiger partial charge in [-0.1, -0.05) is 11.2 Å². The molecule has 0 bridgehead atoms. The van der Waals surface area contributed by atoms with Gasteiger partial charge in [0.05, 0.1) is 22.6 Å². The standard InChI is InChI=1S/C29H27FN4O5S/c1-6-40(36,37)33-22-8-10-26(38-28-16(2)11-21(30)12-17(28)3)25(14-22)34-15-18(4)27(35)23-9-7-20(13-24(23)34)29-31-19(5)39-32-29/h7-15,33H,6H2,1-5H3. The molecule has 3 aromatic carbocycles. The Hall–Kier alpha value is -4.51. The van der Waals surface area contributed by atoms with Crippen molar-refractivity contribution in [2.45, 2.75) is 34.6 Å². The van der Waals surface area contributed by atoms with Crippen molar-refractivity contribution in [3.8, 4) is 28.6 Å². The molecular formula is C29H27FN4O5S. The number of anilines is 1. The number of fused-ring (bicyclic) bond motifs is 1. The number of halogens is 1. The molecular weight excluding hydrogens is 535 g/mol. The van der Waals surface area contributed by atoms with Crippen molar-refractivity contribution >= 4 is 26.6 Å². The minimum atomic E-state index is -3.58. The van der Waals surface area contributed by atoms with Gasteiger partial charge < -0.3 is 13.8 Å². The topological polar surface area (TPSA) is 116 Å². The highest BCUT2D eigenvalue weighted by atomic mass is 32.2. The molecule has 0 aliphatic rings. The second-order valence-corrected chi connectivity index (χ2v) is 11.5. The molecule has 0 atom stereocenters. The Morgan fingerprint density at radius 2 is 1.73 bits per heavy atom. The lowest BCUT2D eigenvalue weighted by Crippen LogP contribution is -2.15. The molecule has 0 unspecified atom stereocenters. The van der Waals surface area contributed by atoms with Gasteiger partial charge in [-0.25, -0.2) is 12.8 Å². The highest BCUT2D eigenvalue weighted by Gasteiger charge is 2.18. The Morgan fingerprint density at radius 1 is 1.00 bits per heavy atom. The Kier molecular flexibility index (Phi) is 6.92. The van der Waals surface area contributed by atoms with Crippen LogP contribution in [-0.2, 0) is 10.0 Å². The molecule has 1 N–H and O–H groups in total. The number of pyridine rings is 1. The first kappa shape index (κ1) is 27.1. The molecule has 11 heteroatoms. The zero-order valence-corrected chi connectivity index (χ0v) is 23.4. The second kappa shape index (κ2) is 10.2. The van der Waals surface area contributed by atoms with E-state index in [1.54, 1.807) is 81.8 Å². The maximum Gasteiger partial charge on any atom is 0.232 e. The van der Waals surface area contributed by atoms with Gasteiger partial charge in [0.2, 0.25) is 21.7 Å². The van der Waals surface area contributed by atoms with E-state index in [2.05, 4.69) is 14.9 Å². The van der Waals surface area contributed by atoms with Crippen LogP contribution in [0.5, 0.6) is 11.5 Å². The summed E-state index contributed by atoms with van der Waals surface area (Å²) in [6, 6.07) is 12.8. The molecule has 0 spiro atoms. The summed E-state index contributed by atoms with van der Waals surface area (Å²) in [5.41, 5.74) is 3.40. The molecule has 40 heavy (non-hydrogen) atoms. The molecule has 0 saturated carbocycles. The van der Waals surface area contributed by atoms with E-state index in [-0.39, 0.29) is 17.0 Å². The summed E-state index contributed by atoms with van der Waals surface area (Å²) in [5.74, 6) is 1.10. The van der Waals surface area contributed by atoms with Gasteiger partial charge in [0, 0.05) is 29.6 Å². The van der Waals surface area contributed by atoms with E-state index in [1.165, 1.54) is 12.1 Å². The first-order valence-electron chi connectivity index (χ1n) is 12.5. The van der Waals surface area contributed by atoms with Crippen molar-refractivity contribution in [2.75, 3.05) is 10.5 Å². The molecule has 0 aliphatic heterocycles. The molecule has 2 aromatic heterocycles. The van der Waals surface area contributed by atoms with Crippen molar-refractivity contribution in [3.05, 3.63) is 93.3 Å². The summed E-state index contributed by atoms with van der Waals surface area (Å²) in [7, 11) is -3.58. The molecule has 0 amide bonds. The maximum atomic E-state index is 14.0. The lowest BCUT2D eigenvalue weighted by molar-refractivity contribution is 0.394. The SMILES string of the molecule is CCS(=O)(=O)Nc1ccc(Oc2c(C)cc(F)cc2C)c(-n2cc(C)c(=O)c3ccc(-c4noc(C)n4)cc32)c1. The van der Waals surface area contributed by atoms with Gasteiger partial charge in [0.25, 0.3) is 0 Å². The van der Waals surface area contributed by atoms with Crippen LogP contribution in [0.2, 0.25) is 0 Å². The second-order valence-electron chi connectivity index (χ2n) is 9.54. The molecule has 206 valence electrons. The number of aromatic nitrogens is 3. The Labute approximate surface area is 230 Å². The first-order valence-corrected chi connectivity index (χ1v) is 14.2. The summed E-state index contributed by atoms with van der Waals surface area (Å²) in [6.45, 7) is 8.41. The molecule has 0 fully saturated rings. The molecule has 5 rings (SSSR count). The smallest absolute Gasteiger partial charge is 0.232 e. The molecule has 2 heterocycles. The molecule has 5 aromatic rings. The number of hydrogen-bond acceptors (Lipinski definition) is 7. The average molecular weight is 563 g/mol. The van der Waals surface area contributed by atoms with Crippen LogP contribution in [-0.4, -0.2) is 28.9 Å². The summed E-state index contributed by atoms with van der Waals surface area (Å²) in [5, 5.41) is 4.43. The quantitative estimate of drug-likeness (QED) is 0.260. The lowest BCUT2D eigenvalue weighted by Gasteiger charge is -2.20. The van der Waals surface area contributed by atoms with Crippen LogP contribution < -0.4 is 14.9 Å².